The van der Waals surface area contributed by atoms with Gasteiger partial charge in [0.2, 0.25) is 0 Å². The number of nitrogens with one attached hydrogen (secondary N) is 1. The van der Waals surface area contributed by atoms with Crippen LogP contribution in [0.5, 0.6) is 0 Å². The second kappa shape index (κ2) is 6.50. The largest absolute Gasteiger partial charge is 0.477 e. The Labute approximate surface area is 113 Å². The van der Waals surface area contributed by atoms with E-state index in [0.29, 0.717) is 24.1 Å². The number of hydrogen-bond donors (Lipinski definition) is 2. The number of aryl methyl sites for hydroxylation is 1. The van der Waals surface area contributed by atoms with Crippen LogP contribution in [0.4, 0.5) is 5.82 Å². The van der Waals surface area contributed by atoms with Gasteiger partial charge >= 0.3 is 5.97 Å². The molecule has 1 aromatic rings. The normalized spacial score (nSPS) is 16.9. The molecule has 0 spiro atoms. The summed E-state index contributed by atoms with van der Waals surface area (Å²) in [6.45, 7) is 1.93. The van der Waals surface area contributed by atoms with Crippen molar-refractivity contribution in [2.45, 2.75) is 57.9 Å². The van der Waals surface area contributed by atoms with Gasteiger partial charge in [0.1, 0.15) is 11.6 Å². The average Bonchev–Trinajstić information content (AvgIpc) is 2.67. The van der Waals surface area contributed by atoms with Crippen LogP contribution < -0.4 is 5.32 Å². The Bertz CT molecular complexity index is 440. The lowest BCUT2D eigenvalue weighted by Gasteiger charge is -2.17. The van der Waals surface area contributed by atoms with Crippen molar-refractivity contribution in [3.05, 3.63) is 17.6 Å². The SMILES string of the molecule is CCc1nc(NC2CCCCCC2)cc(C(=O)O)n1. The van der Waals surface area contributed by atoms with Crippen molar-refractivity contribution in [3.63, 3.8) is 0 Å². The summed E-state index contributed by atoms with van der Waals surface area (Å²) in [5, 5.41) is 12.4. The first-order valence-corrected chi connectivity index (χ1v) is 7.07. The summed E-state index contributed by atoms with van der Waals surface area (Å²) >= 11 is 0. The van der Waals surface area contributed by atoms with Crippen LogP contribution in [0.3, 0.4) is 0 Å². The Kier molecular flexibility index (Phi) is 4.71. The fraction of sp³-hybridized carbons (Fsp3) is 0.643. The van der Waals surface area contributed by atoms with Gasteiger partial charge in [-0.15, -0.1) is 0 Å². The van der Waals surface area contributed by atoms with Gasteiger partial charge in [0.25, 0.3) is 0 Å². The van der Waals surface area contributed by atoms with Crippen molar-refractivity contribution in [2.75, 3.05) is 5.32 Å². The van der Waals surface area contributed by atoms with Gasteiger partial charge in [-0.05, 0) is 12.8 Å². The van der Waals surface area contributed by atoms with E-state index in [1.165, 1.54) is 31.7 Å². The van der Waals surface area contributed by atoms with Crippen molar-refractivity contribution in [2.24, 2.45) is 0 Å². The van der Waals surface area contributed by atoms with E-state index in [4.69, 9.17) is 5.11 Å². The summed E-state index contributed by atoms with van der Waals surface area (Å²) in [5.74, 6) is 0.230. The fourth-order valence-corrected chi connectivity index (χ4v) is 2.47. The summed E-state index contributed by atoms with van der Waals surface area (Å²) in [4.78, 5) is 19.4. The number of aromatic carboxylic acids is 1. The van der Waals surface area contributed by atoms with Crippen LogP contribution in [0.2, 0.25) is 0 Å². The van der Waals surface area contributed by atoms with Crippen LogP contribution in [0.15, 0.2) is 6.07 Å². The minimum absolute atomic E-state index is 0.0722. The van der Waals surface area contributed by atoms with Crippen LogP contribution in [-0.4, -0.2) is 27.1 Å². The van der Waals surface area contributed by atoms with Crippen molar-refractivity contribution in [3.8, 4) is 0 Å². The van der Waals surface area contributed by atoms with Gasteiger partial charge in [-0.1, -0.05) is 32.6 Å². The number of carboxylic acid groups (broad SMARTS) is 1. The molecule has 5 nitrogen and oxygen atoms in total. The average molecular weight is 263 g/mol. The topological polar surface area (TPSA) is 75.1 Å². The number of nitrogens with zero attached hydrogens (tertiary/aromatic N) is 2. The molecule has 2 N–H and O–H groups in total. The van der Waals surface area contributed by atoms with Gasteiger partial charge in [0.15, 0.2) is 5.69 Å². The zero-order valence-corrected chi connectivity index (χ0v) is 11.4. The van der Waals surface area contributed by atoms with Crippen LogP contribution in [0, 0.1) is 0 Å². The van der Waals surface area contributed by atoms with Crippen molar-refractivity contribution >= 4 is 11.8 Å². The van der Waals surface area contributed by atoms with Crippen molar-refractivity contribution < 1.29 is 9.90 Å². The molecule has 5 heteroatoms. The predicted molar refractivity (Wildman–Crippen MR) is 73.5 cm³/mol. The number of aromatic nitrogens is 2. The fourth-order valence-electron chi connectivity index (χ4n) is 2.47. The van der Waals surface area contributed by atoms with Crippen LogP contribution >= 0.6 is 0 Å². The lowest BCUT2D eigenvalue weighted by Crippen LogP contribution is -2.20. The molecule has 1 heterocycles. The van der Waals surface area contributed by atoms with E-state index in [0.717, 1.165) is 12.8 Å². The second-order valence-electron chi connectivity index (χ2n) is 5.05. The molecule has 19 heavy (non-hydrogen) atoms. The van der Waals surface area contributed by atoms with E-state index in [1.807, 2.05) is 6.92 Å². The molecule has 0 radical (unpaired) electrons. The molecule has 0 amide bonds. The maximum atomic E-state index is 11.1. The number of carbonyl (C=O) groups is 1. The van der Waals surface area contributed by atoms with E-state index in [9.17, 15) is 4.79 Å². The summed E-state index contributed by atoms with van der Waals surface area (Å²) in [6, 6.07) is 1.94. The summed E-state index contributed by atoms with van der Waals surface area (Å²) < 4.78 is 0. The molecule has 104 valence electrons. The molecule has 0 unspecified atom stereocenters. The highest BCUT2D eigenvalue weighted by atomic mass is 16.4. The van der Waals surface area contributed by atoms with Gasteiger partial charge in [-0.2, -0.15) is 0 Å². The molecule has 0 bridgehead atoms. The first-order chi connectivity index (χ1) is 9.19. The van der Waals surface area contributed by atoms with Crippen LogP contribution in [0.25, 0.3) is 0 Å². The highest BCUT2D eigenvalue weighted by molar-refractivity contribution is 5.86. The summed E-state index contributed by atoms with van der Waals surface area (Å²) in [6.07, 6.45) is 7.96. The minimum atomic E-state index is -0.999. The standard InChI is InChI=1S/C14H21N3O2/c1-2-12-16-11(14(18)19)9-13(17-12)15-10-7-5-3-4-6-8-10/h9-10H,2-8H2,1H3,(H,18,19)(H,15,16,17). The van der Waals surface area contributed by atoms with Crippen molar-refractivity contribution in [1.82, 2.24) is 9.97 Å². The molecule has 1 aromatic heterocycles. The third kappa shape index (κ3) is 3.91. The molecule has 0 atom stereocenters. The zero-order chi connectivity index (χ0) is 13.7. The number of rotatable bonds is 4. The van der Waals surface area contributed by atoms with E-state index in [2.05, 4.69) is 15.3 Å². The van der Waals surface area contributed by atoms with E-state index in [1.54, 1.807) is 0 Å². The molecule has 0 aromatic carbocycles. The van der Waals surface area contributed by atoms with Gasteiger partial charge < -0.3 is 10.4 Å². The van der Waals surface area contributed by atoms with Gasteiger partial charge in [0.05, 0.1) is 0 Å². The molecule has 2 rings (SSSR count). The third-order valence-electron chi connectivity index (χ3n) is 3.51. The first kappa shape index (κ1) is 13.8. The minimum Gasteiger partial charge on any atom is -0.477 e. The van der Waals surface area contributed by atoms with Gasteiger partial charge in [0, 0.05) is 18.5 Å². The molecule has 1 aliphatic carbocycles. The monoisotopic (exact) mass is 263 g/mol. The van der Waals surface area contributed by atoms with E-state index in [-0.39, 0.29) is 5.69 Å². The number of anilines is 1. The second-order valence-corrected chi connectivity index (χ2v) is 5.05. The number of carboxylic acids is 1. The lowest BCUT2D eigenvalue weighted by atomic mass is 10.1. The number of hydrogen-bond acceptors (Lipinski definition) is 4. The predicted octanol–water partition coefficient (Wildman–Crippen LogP) is 2.87. The Balaban J connectivity index is 2.13. The highest BCUT2D eigenvalue weighted by Gasteiger charge is 2.15. The molecule has 0 saturated heterocycles. The highest BCUT2D eigenvalue weighted by Crippen LogP contribution is 2.20. The van der Waals surface area contributed by atoms with Gasteiger partial charge in [-0.25, -0.2) is 14.8 Å². The van der Waals surface area contributed by atoms with Crippen molar-refractivity contribution in [1.29, 1.82) is 0 Å². The lowest BCUT2D eigenvalue weighted by molar-refractivity contribution is 0.0690. The first-order valence-electron chi connectivity index (χ1n) is 7.07. The van der Waals surface area contributed by atoms with E-state index < -0.39 is 5.97 Å². The Morgan fingerprint density at radius 2 is 2.00 bits per heavy atom. The van der Waals surface area contributed by atoms with Crippen LogP contribution in [0.1, 0.15) is 61.8 Å². The van der Waals surface area contributed by atoms with Crippen LogP contribution in [-0.2, 0) is 6.42 Å². The quantitative estimate of drug-likeness (QED) is 0.817. The Hall–Kier alpha value is -1.65. The zero-order valence-electron chi connectivity index (χ0n) is 11.4. The maximum absolute atomic E-state index is 11.1. The Morgan fingerprint density at radius 3 is 2.58 bits per heavy atom. The summed E-state index contributed by atoms with van der Waals surface area (Å²) in [5.41, 5.74) is 0.0722. The third-order valence-corrected chi connectivity index (χ3v) is 3.51. The molecule has 0 aliphatic heterocycles. The maximum Gasteiger partial charge on any atom is 0.354 e. The molecule has 1 fully saturated rings. The molecule has 1 saturated carbocycles. The molecular formula is C14H21N3O2. The summed E-state index contributed by atoms with van der Waals surface area (Å²) in [7, 11) is 0. The smallest absolute Gasteiger partial charge is 0.354 e. The van der Waals surface area contributed by atoms with Gasteiger partial charge in [-0.3, -0.25) is 0 Å². The van der Waals surface area contributed by atoms with E-state index >= 15 is 0 Å². The molecular weight excluding hydrogens is 242 g/mol. The molecule has 1 aliphatic rings. The Morgan fingerprint density at radius 1 is 1.32 bits per heavy atom.